The van der Waals surface area contributed by atoms with E-state index in [2.05, 4.69) is 15.5 Å². The first kappa shape index (κ1) is 26.3. The van der Waals surface area contributed by atoms with Gasteiger partial charge in [-0.2, -0.15) is 0 Å². The van der Waals surface area contributed by atoms with E-state index in [1.54, 1.807) is 19.1 Å². The Labute approximate surface area is 215 Å². The second-order valence-corrected chi connectivity index (χ2v) is 11.1. The van der Waals surface area contributed by atoms with Crippen LogP contribution in [0, 0.1) is 5.82 Å². The van der Waals surface area contributed by atoms with Crippen molar-refractivity contribution >= 4 is 28.3 Å². The summed E-state index contributed by atoms with van der Waals surface area (Å²) in [6.07, 6.45) is 7.19. The van der Waals surface area contributed by atoms with Crippen molar-refractivity contribution in [2.75, 3.05) is 25.2 Å². The van der Waals surface area contributed by atoms with E-state index >= 15 is 0 Å². The number of hydrogen-bond donors (Lipinski definition) is 3. The number of rotatable bonds is 8. The third kappa shape index (κ3) is 6.34. The zero-order chi connectivity index (χ0) is 25.7. The van der Waals surface area contributed by atoms with Crippen LogP contribution in [0.2, 0.25) is 0 Å². The van der Waals surface area contributed by atoms with Crippen LogP contribution in [0.5, 0.6) is 0 Å². The van der Waals surface area contributed by atoms with Crippen molar-refractivity contribution in [3.63, 3.8) is 0 Å². The minimum atomic E-state index is -1.31. The Hall–Kier alpha value is -2.72. The van der Waals surface area contributed by atoms with Gasteiger partial charge in [-0.3, -0.25) is 4.79 Å². The standard InChI is InChI=1S/C26H36FN5O3S/c1-26(24(28)33,31-25(34)29-19-6-4-3-5-7-19)16-21-30-22(17-8-10-18(27)11-9-17)23(36-21)32(2)20-12-14-35-15-13-20/h8-11,19-20H,3-7,12-16H2,1-2H3,(H2,28,33)(H2,29,31,34). The van der Waals surface area contributed by atoms with E-state index in [1.165, 1.54) is 29.9 Å². The van der Waals surface area contributed by atoms with Crippen LogP contribution in [0.15, 0.2) is 24.3 Å². The number of nitrogens with zero attached hydrogens (tertiary/aromatic N) is 2. The maximum atomic E-state index is 13.6. The summed E-state index contributed by atoms with van der Waals surface area (Å²) in [5.74, 6) is -0.942. The highest BCUT2D eigenvalue weighted by Crippen LogP contribution is 2.39. The van der Waals surface area contributed by atoms with Gasteiger partial charge in [-0.05, 0) is 56.9 Å². The van der Waals surface area contributed by atoms with E-state index in [9.17, 15) is 14.0 Å². The third-order valence-electron chi connectivity index (χ3n) is 7.21. The van der Waals surface area contributed by atoms with Crippen molar-refractivity contribution in [1.29, 1.82) is 0 Å². The number of urea groups is 1. The zero-order valence-corrected chi connectivity index (χ0v) is 21.8. The number of nitrogens with one attached hydrogen (secondary N) is 2. The largest absolute Gasteiger partial charge is 0.381 e. The van der Waals surface area contributed by atoms with Crippen molar-refractivity contribution in [3.8, 4) is 11.3 Å². The number of benzene rings is 1. The van der Waals surface area contributed by atoms with Gasteiger partial charge in [-0.1, -0.05) is 19.3 Å². The molecule has 2 fully saturated rings. The number of halogens is 1. The molecule has 1 saturated heterocycles. The molecular weight excluding hydrogens is 481 g/mol. The highest BCUT2D eigenvalue weighted by atomic mass is 32.1. The van der Waals surface area contributed by atoms with E-state index in [0.29, 0.717) is 18.2 Å². The molecule has 1 atom stereocenters. The fourth-order valence-corrected chi connectivity index (χ4v) is 6.19. The van der Waals surface area contributed by atoms with Crippen molar-refractivity contribution in [3.05, 3.63) is 35.1 Å². The number of anilines is 1. The number of nitrogens with two attached hydrogens (primary N) is 1. The summed E-state index contributed by atoms with van der Waals surface area (Å²) in [7, 11) is 2.03. The number of carbonyl (C=O) groups excluding carboxylic acids is 2. The Morgan fingerprint density at radius 3 is 2.47 bits per heavy atom. The molecular formula is C26H36FN5O3S. The Balaban J connectivity index is 1.58. The highest BCUT2D eigenvalue weighted by molar-refractivity contribution is 7.16. The second kappa shape index (κ2) is 11.6. The fourth-order valence-electron chi connectivity index (χ4n) is 4.92. The average Bonchev–Trinajstić information content (AvgIpc) is 3.28. The molecule has 1 aromatic heterocycles. The summed E-state index contributed by atoms with van der Waals surface area (Å²) in [4.78, 5) is 32.3. The van der Waals surface area contributed by atoms with Crippen LogP contribution in [0.25, 0.3) is 11.3 Å². The van der Waals surface area contributed by atoms with Crippen LogP contribution < -0.4 is 21.3 Å². The van der Waals surface area contributed by atoms with Gasteiger partial charge in [-0.25, -0.2) is 14.2 Å². The third-order valence-corrected chi connectivity index (χ3v) is 8.35. The predicted molar refractivity (Wildman–Crippen MR) is 140 cm³/mol. The molecule has 4 rings (SSSR count). The Bertz CT molecular complexity index is 1050. The van der Waals surface area contributed by atoms with Crippen molar-refractivity contribution in [2.45, 2.75) is 75.9 Å². The van der Waals surface area contributed by atoms with E-state index in [4.69, 9.17) is 15.5 Å². The fraction of sp³-hybridized carbons (Fsp3) is 0.577. The monoisotopic (exact) mass is 517 g/mol. The molecule has 0 bridgehead atoms. The molecule has 3 amide bonds. The molecule has 1 aliphatic heterocycles. The first-order valence-electron chi connectivity index (χ1n) is 12.7. The topological polar surface area (TPSA) is 110 Å². The van der Waals surface area contributed by atoms with Crippen molar-refractivity contribution in [2.24, 2.45) is 5.73 Å². The first-order chi connectivity index (χ1) is 17.2. The van der Waals surface area contributed by atoms with Gasteiger partial charge in [0.1, 0.15) is 22.1 Å². The minimum Gasteiger partial charge on any atom is -0.381 e. The van der Waals surface area contributed by atoms with Crippen molar-refractivity contribution in [1.82, 2.24) is 15.6 Å². The lowest BCUT2D eigenvalue weighted by Gasteiger charge is -2.32. The molecule has 10 heteroatoms. The maximum absolute atomic E-state index is 13.6. The lowest BCUT2D eigenvalue weighted by Crippen LogP contribution is -2.60. The van der Waals surface area contributed by atoms with E-state index in [0.717, 1.165) is 54.8 Å². The van der Waals surface area contributed by atoms with E-state index in [1.807, 2.05) is 7.05 Å². The van der Waals surface area contributed by atoms with Crippen LogP contribution >= 0.6 is 11.3 Å². The molecule has 36 heavy (non-hydrogen) atoms. The molecule has 1 aromatic carbocycles. The van der Waals surface area contributed by atoms with Crippen LogP contribution in [0.4, 0.5) is 14.2 Å². The number of aromatic nitrogens is 1. The average molecular weight is 518 g/mol. The first-order valence-corrected chi connectivity index (χ1v) is 13.5. The summed E-state index contributed by atoms with van der Waals surface area (Å²) < 4.78 is 19.1. The second-order valence-electron chi connectivity index (χ2n) is 10.0. The summed E-state index contributed by atoms with van der Waals surface area (Å²) in [5, 5.41) is 7.41. The molecule has 2 heterocycles. The number of amides is 3. The molecule has 8 nitrogen and oxygen atoms in total. The quantitative estimate of drug-likeness (QED) is 0.491. The van der Waals surface area contributed by atoms with E-state index in [-0.39, 0.29) is 24.3 Å². The molecule has 2 aliphatic rings. The molecule has 1 saturated carbocycles. The molecule has 2 aromatic rings. The Morgan fingerprint density at radius 2 is 1.83 bits per heavy atom. The Kier molecular flexibility index (Phi) is 8.46. The molecule has 1 aliphatic carbocycles. The van der Waals surface area contributed by atoms with Crippen LogP contribution in [0.3, 0.4) is 0 Å². The Morgan fingerprint density at radius 1 is 1.17 bits per heavy atom. The summed E-state index contributed by atoms with van der Waals surface area (Å²) >= 11 is 1.47. The highest BCUT2D eigenvalue weighted by Gasteiger charge is 2.36. The number of primary amides is 1. The van der Waals surface area contributed by atoms with Gasteiger partial charge in [0.2, 0.25) is 5.91 Å². The molecule has 1 unspecified atom stereocenters. The predicted octanol–water partition coefficient (Wildman–Crippen LogP) is 3.98. The van der Waals surface area contributed by atoms with Crippen molar-refractivity contribution < 1.29 is 18.7 Å². The lowest BCUT2D eigenvalue weighted by molar-refractivity contribution is -0.123. The number of thiazole rings is 1. The number of hydrogen-bond acceptors (Lipinski definition) is 6. The molecule has 196 valence electrons. The lowest BCUT2D eigenvalue weighted by atomic mass is 9.95. The van der Waals surface area contributed by atoms with Crippen LogP contribution in [-0.2, 0) is 16.0 Å². The summed E-state index contributed by atoms with van der Waals surface area (Å²) in [5.41, 5.74) is 5.98. The van der Waals surface area contributed by atoms with Gasteiger partial charge in [-0.15, -0.1) is 11.3 Å². The summed E-state index contributed by atoms with van der Waals surface area (Å²) in [6.45, 7) is 3.04. The van der Waals surface area contributed by atoms with Gasteiger partial charge >= 0.3 is 6.03 Å². The molecule has 4 N–H and O–H groups in total. The molecule has 0 spiro atoms. The van der Waals surface area contributed by atoms with E-state index < -0.39 is 17.5 Å². The maximum Gasteiger partial charge on any atom is 0.315 e. The van der Waals surface area contributed by atoms with Gasteiger partial charge in [0.15, 0.2) is 0 Å². The molecule has 0 radical (unpaired) electrons. The number of carbonyl (C=O) groups is 2. The number of ether oxygens (including phenoxy) is 1. The zero-order valence-electron chi connectivity index (χ0n) is 21.0. The summed E-state index contributed by atoms with van der Waals surface area (Å²) in [6, 6.07) is 6.25. The SMILES string of the molecule is CN(c1sc(CC(C)(NC(=O)NC2CCCCC2)C(N)=O)nc1-c1ccc(F)cc1)C1CCOCC1. The normalized spacial score (nSPS) is 18.9. The van der Waals surface area contributed by atoms with Gasteiger partial charge < -0.3 is 26.0 Å². The van der Waals surface area contributed by atoms with Gasteiger partial charge in [0.05, 0.1) is 5.01 Å². The van der Waals surface area contributed by atoms with Crippen LogP contribution in [-0.4, -0.2) is 54.8 Å². The minimum absolute atomic E-state index is 0.112. The van der Waals surface area contributed by atoms with Crippen LogP contribution in [0.1, 0.15) is 56.9 Å². The van der Waals surface area contributed by atoms with Gasteiger partial charge in [0.25, 0.3) is 0 Å². The van der Waals surface area contributed by atoms with Gasteiger partial charge in [0, 0.05) is 44.3 Å². The smallest absolute Gasteiger partial charge is 0.315 e.